The Balaban J connectivity index is 1.73. The van der Waals surface area contributed by atoms with Crippen molar-refractivity contribution in [2.24, 2.45) is 0 Å². The minimum atomic E-state index is -4.59. The molecule has 0 unspecified atom stereocenters. The molecule has 0 saturated carbocycles. The summed E-state index contributed by atoms with van der Waals surface area (Å²) in [4.78, 5) is 16.3. The van der Waals surface area contributed by atoms with Crippen LogP contribution in [-0.2, 0) is 19.3 Å². The molecule has 3 aromatic rings. The van der Waals surface area contributed by atoms with E-state index in [4.69, 9.17) is 16.3 Å². The van der Waals surface area contributed by atoms with Crippen LogP contribution in [-0.4, -0.2) is 9.55 Å². The highest BCUT2D eigenvalue weighted by atomic mass is 35.5. The van der Waals surface area contributed by atoms with Crippen LogP contribution in [0.25, 0.3) is 0 Å². The number of aryl methyl sites for hydroxylation is 1. The van der Waals surface area contributed by atoms with Crippen molar-refractivity contribution in [3.05, 3.63) is 79.1 Å². The van der Waals surface area contributed by atoms with Crippen LogP contribution in [0, 0.1) is 6.92 Å². The Morgan fingerprint density at radius 2 is 1.96 bits per heavy atom. The molecule has 0 N–H and O–H groups in total. The van der Waals surface area contributed by atoms with Gasteiger partial charge in [0.15, 0.2) is 0 Å². The zero-order chi connectivity index (χ0) is 19.6. The second kappa shape index (κ2) is 7.74. The molecule has 0 spiro atoms. The molecule has 0 radical (unpaired) electrons. The number of hydrogen-bond donors (Lipinski definition) is 0. The first-order chi connectivity index (χ1) is 12.7. The van der Waals surface area contributed by atoms with Crippen molar-refractivity contribution in [2.75, 3.05) is 0 Å². The second-order valence-corrected chi connectivity index (χ2v) is 7.19. The summed E-state index contributed by atoms with van der Waals surface area (Å²) in [6, 6.07) is 8.16. The lowest BCUT2D eigenvalue weighted by molar-refractivity contribution is -0.138. The van der Waals surface area contributed by atoms with E-state index in [1.807, 2.05) is 31.2 Å². The van der Waals surface area contributed by atoms with Gasteiger partial charge in [0, 0.05) is 11.6 Å². The molecule has 2 heterocycles. The highest BCUT2D eigenvalue weighted by Gasteiger charge is 2.32. The molecule has 0 saturated heterocycles. The predicted octanol–water partition coefficient (Wildman–Crippen LogP) is 4.91. The summed E-state index contributed by atoms with van der Waals surface area (Å²) in [5, 5.41) is 1.84. The number of thiazole rings is 1. The third-order valence-electron chi connectivity index (χ3n) is 3.68. The summed E-state index contributed by atoms with van der Waals surface area (Å²) in [5.74, 6) is 0.693. The van der Waals surface area contributed by atoms with Gasteiger partial charge in [-0.15, -0.1) is 11.3 Å². The van der Waals surface area contributed by atoms with E-state index in [1.165, 1.54) is 11.3 Å². The molecule has 3 rings (SSSR count). The lowest BCUT2D eigenvalue weighted by Gasteiger charge is -2.11. The fraction of sp³-hybridized carbons (Fsp3) is 0.222. The Morgan fingerprint density at radius 1 is 1.26 bits per heavy atom. The molecule has 0 fully saturated rings. The lowest BCUT2D eigenvalue weighted by atomic mass is 10.2. The van der Waals surface area contributed by atoms with Gasteiger partial charge in [0.2, 0.25) is 0 Å². The third-order valence-corrected chi connectivity index (χ3v) is 4.83. The van der Waals surface area contributed by atoms with Crippen LogP contribution in [0.3, 0.4) is 0 Å². The van der Waals surface area contributed by atoms with E-state index >= 15 is 0 Å². The number of rotatable bonds is 5. The molecule has 27 heavy (non-hydrogen) atoms. The van der Waals surface area contributed by atoms with Gasteiger partial charge in [-0.1, -0.05) is 29.3 Å². The third kappa shape index (κ3) is 4.90. The largest absolute Gasteiger partial charge is 0.486 e. The van der Waals surface area contributed by atoms with Crippen molar-refractivity contribution >= 4 is 22.9 Å². The van der Waals surface area contributed by atoms with Gasteiger partial charge < -0.3 is 9.30 Å². The molecule has 0 aliphatic rings. The van der Waals surface area contributed by atoms with Crippen molar-refractivity contribution in [1.82, 2.24) is 9.55 Å². The number of benzene rings is 1. The van der Waals surface area contributed by atoms with E-state index in [2.05, 4.69) is 4.98 Å². The Kier molecular flexibility index (Phi) is 5.57. The van der Waals surface area contributed by atoms with Gasteiger partial charge in [-0.2, -0.15) is 13.2 Å². The highest BCUT2D eigenvalue weighted by molar-refractivity contribution is 7.09. The number of halogens is 4. The maximum atomic E-state index is 12.9. The van der Waals surface area contributed by atoms with Crippen molar-refractivity contribution in [2.45, 2.75) is 26.3 Å². The average molecular weight is 415 g/mol. The molecular formula is C18H14ClF3N2O2S. The van der Waals surface area contributed by atoms with Crippen molar-refractivity contribution in [3.8, 4) is 5.75 Å². The van der Waals surface area contributed by atoms with Crippen LogP contribution in [0.1, 0.15) is 21.8 Å². The van der Waals surface area contributed by atoms with Gasteiger partial charge in [0.25, 0.3) is 5.56 Å². The first kappa shape index (κ1) is 19.4. The van der Waals surface area contributed by atoms with E-state index < -0.39 is 22.3 Å². The van der Waals surface area contributed by atoms with Gasteiger partial charge in [0.05, 0.1) is 17.8 Å². The van der Waals surface area contributed by atoms with Gasteiger partial charge in [-0.05, 0) is 25.1 Å². The standard InChI is InChI=1S/C18H14ClF3N2O2S/c1-11-2-4-14(5-3-11)26-9-16-23-13(10-27-16)8-24-7-12(18(20,21)22)6-15(19)17(24)25/h2-7,10H,8-9H2,1H3. The van der Waals surface area contributed by atoms with Crippen LogP contribution in [0.5, 0.6) is 5.75 Å². The summed E-state index contributed by atoms with van der Waals surface area (Å²) in [6.07, 6.45) is -3.84. The van der Waals surface area contributed by atoms with Crippen LogP contribution in [0.4, 0.5) is 13.2 Å². The van der Waals surface area contributed by atoms with Crippen LogP contribution in [0.2, 0.25) is 5.02 Å². The molecule has 2 aromatic heterocycles. The molecule has 9 heteroatoms. The number of hydrogen-bond acceptors (Lipinski definition) is 4. The monoisotopic (exact) mass is 414 g/mol. The summed E-state index contributed by atoms with van der Waals surface area (Å²) in [6.45, 7) is 2.09. The summed E-state index contributed by atoms with van der Waals surface area (Å²) < 4.78 is 45.2. The number of alkyl halides is 3. The maximum absolute atomic E-state index is 12.9. The molecule has 0 aliphatic carbocycles. The first-order valence-electron chi connectivity index (χ1n) is 7.82. The Labute approximate surface area is 161 Å². The van der Waals surface area contributed by atoms with E-state index in [-0.39, 0.29) is 13.2 Å². The smallest absolute Gasteiger partial charge is 0.417 e. The van der Waals surface area contributed by atoms with Crippen LogP contribution < -0.4 is 10.3 Å². The van der Waals surface area contributed by atoms with Gasteiger partial charge in [0.1, 0.15) is 22.4 Å². The number of ether oxygens (including phenoxy) is 1. The molecule has 142 valence electrons. The van der Waals surface area contributed by atoms with E-state index in [0.29, 0.717) is 22.5 Å². The van der Waals surface area contributed by atoms with E-state index in [1.54, 1.807) is 5.38 Å². The maximum Gasteiger partial charge on any atom is 0.417 e. The van der Waals surface area contributed by atoms with Crippen molar-refractivity contribution in [3.63, 3.8) is 0 Å². The Hall–Kier alpha value is -2.32. The van der Waals surface area contributed by atoms with Crippen LogP contribution in [0.15, 0.2) is 46.7 Å². The Bertz CT molecular complexity index is 997. The molecule has 0 bridgehead atoms. The fourth-order valence-electron chi connectivity index (χ4n) is 2.31. The number of nitrogens with zero attached hydrogens (tertiary/aromatic N) is 2. The van der Waals surface area contributed by atoms with E-state index in [0.717, 1.165) is 16.3 Å². The summed E-state index contributed by atoms with van der Waals surface area (Å²) in [7, 11) is 0. The topological polar surface area (TPSA) is 44.1 Å². The summed E-state index contributed by atoms with van der Waals surface area (Å²) in [5.41, 5.74) is -0.107. The second-order valence-electron chi connectivity index (χ2n) is 5.84. The zero-order valence-electron chi connectivity index (χ0n) is 14.1. The van der Waals surface area contributed by atoms with E-state index in [9.17, 15) is 18.0 Å². The normalized spacial score (nSPS) is 11.6. The molecule has 0 aliphatic heterocycles. The first-order valence-corrected chi connectivity index (χ1v) is 9.08. The quantitative estimate of drug-likeness (QED) is 0.595. The van der Waals surface area contributed by atoms with Gasteiger partial charge in [-0.3, -0.25) is 4.79 Å². The van der Waals surface area contributed by atoms with Crippen molar-refractivity contribution < 1.29 is 17.9 Å². The molecular weight excluding hydrogens is 401 g/mol. The highest BCUT2D eigenvalue weighted by Crippen LogP contribution is 2.29. The van der Waals surface area contributed by atoms with Crippen LogP contribution >= 0.6 is 22.9 Å². The molecule has 4 nitrogen and oxygen atoms in total. The summed E-state index contributed by atoms with van der Waals surface area (Å²) >= 11 is 6.96. The molecule has 0 atom stereocenters. The number of aromatic nitrogens is 2. The van der Waals surface area contributed by atoms with Gasteiger partial charge >= 0.3 is 6.18 Å². The molecule has 0 amide bonds. The zero-order valence-corrected chi connectivity index (χ0v) is 15.7. The van der Waals surface area contributed by atoms with Gasteiger partial charge in [-0.25, -0.2) is 4.98 Å². The average Bonchev–Trinajstić information content (AvgIpc) is 3.05. The SMILES string of the molecule is Cc1ccc(OCc2nc(Cn3cc(C(F)(F)F)cc(Cl)c3=O)cs2)cc1. The fourth-order valence-corrected chi connectivity index (χ4v) is 3.24. The lowest BCUT2D eigenvalue weighted by Crippen LogP contribution is -2.23. The minimum absolute atomic E-state index is 0.108. The predicted molar refractivity (Wildman–Crippen MR) is 97.4 cm³/mol. The molecule has 1 aromatic carbocycles. The number of pyridine rings is 1. The van der Waals surface area contributed by atoms with Crippen molar-refractivity contribution in [1.29, 1.82) is 0 Å². The minimum Gasteiger partial charge on any atom is -0.486 e. The Morgan fingerprint density at radius 3 is 2.63 bits per heavy atom.